The fourth-order valence-electron chi connectivity index (χ4n) is 3.02. The van der Waals surface area contributed by atoms with Crippen LogP contribution in [0.5, 0.6) is 0 Å². The first-order valence-corrected chi connectivity index (χ1v) is 7.85. The molecule has 0 bridgehead atoms. The van der Waals surface area contributed by atoms with Gasteiger partial charge in [0.2, 0.25) is 0 Å². The Kier molecular flexibility index (Phi) is 6.70. The van der Waals surface area contributed by atoms with Gasteiger partial charge in [0.1, 0.15) is 24.4 Å². The van der Waals surface area contributed by atoms with Crippen LogP contribution in [0.1, 0.15) is 6.92 Å². The van der Waals surface area contributed by atoms with Crippen LogP contribution in [0.15, 0.2) is 0 Å². The lowest BCUT2D eigenvalue weighted by Gasteiger charge is -2.46. The fraction of sp³-hybridized carbons (Fsp3) is 0.929. The van der Waals surface area contributed by atoms with E-state index in [1.807, 2.05) is 0 Å². The number of aliphatic carboxylic acids is 1. The SMILES string of the molecule is CO[C@H]1OC(CO)[C@@H](O[C@@H]2OC(C(=O)O)[C@H](C)[C@H](O)C2O)C(O)C1N. The number of carbonyl (C=O) groups is 1. The third kappa shape index (κ3) is 3.94. The predicted octanol–water partition coefficient (Wildman–Crippen LogP) is -3.41. The van der Waals surface area contributed by atoms with Crippen LogP contribution in [-0.4, -0.2) is 100 Å². The highest BCUT2D eigenvalue weighted by Gasteiger charge is 2.50. The molecule has 5 unspecified atom stereocenters. The summed E-state index contributed by atoms with van der Waals surface area (Å²) in [5.41, 5.74) is 5.80. The molecule has 0 spiro atoms. The number of rotatable bonds is 5. The van der Waals surface area contributed by atoms with Crippen LogP contribution in [0.2, 0.25) is 0 Å². The molecule has 2 rings (SSSR count). The van der Waals surface area contributed by atoms with Crippen LogP contribution < -0.4 is 5.73 Å². The molecule has 2 fully saturated rings. The number of aliphatic hydroxyl groups is 4. The van der Waals surface area contributed by atoms with Crippen molar-refractivity contribution in [1.29, 1.82) is 0 Å². The molecule has 0 aliphatic carbocycles. The van der Waals surface area contributed by atoms with Crippen molar-refractivity contribution in [3.05, 3.63) is 0 Å². The zero-order chi connectivity index (χ0) is 18.9. The Labute approximate surface area is 143 Å². The van der Waals surface area contributed by atoms with Crippen LogP contribution in [0.25, 0.3) is 0 Å². The summed E-state index contributed by atoms with van der Waals surface area (Å²) in [4.78, 5) is 11.2. The molecule has 0 radical (unpaired) electrons. The van der Waals surface area contributed by atoms with Crippen LogP contribution in [-0.2, 0) is 23.7 Å². The number of carboxylic acid groups (broad SMARTS) is 1. The molecule has 10 atom stereocenters. The zero-order valence-electron chi connectivity index (χ0n) is 13.8. The summed E-state index contributed by atoms with van der Waals surface area (Å²) in [7, 11) is 1.32. The minimum absolute atomic E-state index is 0.557. The Balaban J connectivity index is 2.16. The number of methoxy groups -OCH3 is 1. The number of nitrogens with two attached hydrogens (primary N) is 1. The van der Waals surface area contributed by atoms with Crippen LogP contribution in [0.4, 0.5) is 0 Å². The molecule has 0 aromatic heterocycles. The second-order valence-corrected chi connectivity index (χ2v) is 6.23. The van der Waals surface area contributed by atoms with E-state index < -0.39 is 73.7 Å². The maximum atomic E-state index is 11.2. The number of carboxylic acids is 1. The quantitative estimate of drug-likeness (QED) is 0.285. The third-order valence-electron chi connectivity index (χ3n) is 4.59. The molecule has 2 aliphatic heterocycles. The summed E-state index contributed by atoms with van der Waals surface area (Å²) in [5, 5.41) is 49.1. The van der Waals surface area contributed by atoms with E-state index in [2.05, 4.69) is 0 Å². The largest absolute Gasteiger partial charge is 0.479 e. The summed E-state index contributed by atoms with van der Waals surface area (Å²) in [6, 6.07) is -1.02. The zero-order valence-corrected chi connectivity index (χ0v) is 13.8. The molecule has 0 saturated carbocycles. The smallest absolute Gasteiger partial charge is 0.333 e. The van der Waals surface area contributed by atoms with E-state index in [1.54, 1.807) is 0 Å². The lowest BCUT2D eigenvalue weighted by molar-refractivity contribution is -0.335. The molecule has 2 aliphatic rings. The molecule has 146 valence electrons. The number of ether oxygens (including phenoxy) is 4. The molecule has 7 N–H and O–H groups in total. The van der Waals surface area contributed by atoms with Crippen molar-refractivity contribution in [2.75, 3.05) is 13.7 Å². The van der Waals surface area contributed by atoms with Crippen molar-refractivity contribution in [1.82, 2.24) is 0 Å². The minimum atomic E-state index is -1.56. The van der Waals surface area contributed by atoms with Gasteiger partial charge in [-0.1, -0.05) is 6.92 Å². The van der Waals surface area contributed by atoms with Crippen molar-refractivity contribution >= 4 is 5.97 Å². The van der Waals surface area contributed by atoms with E-state index in [-0.39, 0.29) is 0 Å². The van der Waals surface area contributed by atoms with Gasteiger partial charge in [0.25, 0.3) is 0 Å². The van der Waals surface area contributed by atoms with Crippen molar-refractivity contribution < 1.29 is 49.3 Å². The van der Waals surface area contributed by atoms with Gasteiger partial charge >= 0.3 is 5.97 Å². The van der Waals surface area contributed by atoms with Crippen molar-refractivity contribution in [3.8, 4) is 0 Å². The van der Waals surface area contributed by atoms with Gasteiger partial charge in [-0.3, -0.25) is 0 Å². The molecule has 0 amide bonds. The molecule has 2 heterocycles. The van der Waals surface area contributed by atoms with E-state index in [1.165, 1.54) is 14.0 Å². The summed E-state index contributed by atoms with van der Waals surface area (Å²) >= 11 is 0. The Morgan fingerprint density at radius 1 is 1.12 bits per heavy atom. The average Bonchev–Trinajstić information content (AvgIpc) is 2.58. The summed E-state index contributed by atoms with van der Waals surface area (Å²) in [5.74, 6) is -2.21. The second kappa shape index (κ2) is 8.20. The first-order valence-electron chi connectivity index (χ1n) is 7.85. The maximum absolute atomic E-state index is 11.2. The third-order valence-corrected chi connectivity index (χ3v) is 4.59. The average molecular weight is 367 g/mol. The van der Waals surface area contributed by atoms with E-state index in [4.69, 9.17) is 24.7 Å². The molecule has 11 nitrogen and oxygen atoms in total. The molecule has 11 heteroatoms. The number of hydrogen-bond donors (Lipinski definition) is 6. The standard InChI is InChI=1S/C14H25NO10/c1-4-7(17)9(19)14(24-10(4)12(20)21)25-11-5(3-16)23-13(22-2)6(15)8(11)18/h4-11,13-14,16-19H,3,15H2,1-2H3,(H,20,21)/t4-,5?,6?,7+,8?,9?,10?,11-,13+,14+/m1/s1. The van der Waals surface area contributed by atoms with Gasteiger partial charge in [-0.2, -0.15) is 0 Å². The fourth-order valence-corrected chi connectivity index (χ4v) is 3.02. The van der Waals surface area contributed by atoms with Crippen LogP contribution >= 0.6 is 0 Å². The topological polar surface area (TPSA) is 181 Å². The Bertz CT molecular complexity index is 463. The van der Waals surface area contributed by atoms with Crippen LogP contribution in [0.3, 0.4) is 0 Å². The summed E-state index contributed by atoms with van der Waals surface area (Å²) < 4.78 is 21.0. The van der Waals surface area contributed by atoms with E-state index in [0.29, 0.717) is 0 Å². The Morgan fingerprint density at radius 2 is 1.76 bits per heavy atom. The minimum Gasteiger partial charge on any atom is -0.479 e. The van der Waals surface area contributed by atoms with E-state index in [0.717, 1.165) is 0 Å². The Morgan fingerprint density at radius 3 is 2.28 bits per heavy atom. The first kappa shape index (κ1) is 20.4. The van der Waals surface area contributed by atoms with Gasteiger partial charge in [0.15, 0.2) is 18.7 Å². The molecule has 0 aromatic carbocycles. The molecular formula is C14H25NO10. The van der Waals surface area contributed by atoms with Crippen molar-refractivity contribution in [3.63, 3.8) is 0 Å². The van der Waals surface area contributed by atoms with Gasteiger partial charge in [-0.05, 0) is 0 Å². The van der Waals surface area contributed by atoms with Gasteiger partial charge in [-0.15, -0.1) is 0 Å². The number of aliphatic hydroxyl groups excluding tert-OH is 4. The molecule has 25 heavy (non-hydrogen) atoms. The van der Waals surface area contributed by atoms with Crippen LogP contribution in [0, 0.1) is 5.92 Å². The highest BCUT2D eigenvalue weighted by Crippen LogP contribution is 2.30. The highest BCUT2D eigenvalue weighted by molar-refractivity contribution is 5.73. The molecule has 0 aromatic rings. The first-order chi connectivity index (χ1) is 11.7. The van der Waals surface area contributed by atoms with E-state index in [9.17, 15) is 30.3 Å². The predicted molar refractivity (Wildman–Crippen MR) is 79.1 cm³/mol. The van der Waals surface area contributed by atoms with Gasteiger partial charge < -0.3 is 50.2 Å². The lowest BCUT2D eigenvalue weighted by Crippen LogP contribution is -2.65. The van der Waals surface area contributed by atoms with Gasteiger partial charge in [0, 0.05) is 13.0 Å². The molecule has 2 saturated heterocycles. The monoisotopic (exact) mass is 367 g/mol. The Hall–Kier alpha value is -0.890. The van der Waals surface area contributed by atoms with Crippen molar-refractivity contribution in [2.24, 2.45) is 11.7 Å². The maximum Gasteiger partial charge on any atom is 0.333 e. The molecular weight excluding hydrogens is 342 g/mol. The van der Waals surface area contributed by atoms with Crippen molar-refractivity contribution in [2.45, 2.75) is 62.2 Å². The summed E-state index contributed by atoms with van der Waals surface area (Å²) in [6.45, 7) is 0.857. The second-order valence-electron chi connectivity index (χ2n) is 6.23. The number of hydrogen-bond acceptors (Lipinski definition) is 10. The van der Waals surface area contributed by atoms with E-state index >= 15 is 0 Å². The van der Waals surface area contributed by atoms with Gasteiger partial charge in [-0.25, -0.2) is 4.79 Å². The van der Waals surface area contributed by atoms with Gasteiger partial charge in [0.05, 0.1) is 18.8 Å². The highest BCUT2D eigenvalue weighted by atomic mass is 16.7. The summed E-state index contributed by atoms with van der Waals surface area (Å²) in [6.07, 6.45) is -10.6. The normalized spacial score (nSPS) is 48.3. The lowest BCUT2D eigenvalue weighted by atomic mass is 9.90.